The first-order valence-electron chi connectivity index (χ1n) is 9.25. The molecular weight excluding hydrogens is 304 g/mol. The number of aryl methyl sites for hydroxylation is 1. The van der Waals surface area contributed by atoms with Crippen LogP contribution in [0, 0.1) is 0 Å². The van der Waals surface area contributed by atoms with Gasteiger partial charge < -0.3 is 0 Å². The zero-order valence-electron chi connectivity index (χ0n) is 15.2. The lowest BCUT2D eigenvalue weighted by molar-refractivity contribution is 0.602. The van der Waals surface area contributed by atoms with Crippen molar-refractivity contribution in [2.24, 2.45) is 0 Å². The molecule has 1 unspecified atom stereocenters. The summed E-state index contributed by atoms with van der Waals surface area (Å²) in [7, 11) is 0. The molecule has 2 nitrogen and oxygen atoms in total. The van der Waals surface area contributed by atoms with Gasteiger partial charge in [0.2, 0.25) is 0 Å². The smallest absolute Gasteiger partial charge is 0.0888 e. The molecule has 0 spiro atoms. The first-order chi connectivity index (χ1) is 12.3. The number of aromatic nitrogens is 2. The molecule has 3 aromatic rings. The Morgan fingerprint density at radius 3 is 2.32 bits per heavy atom. The molecular formula is C23H26N2. The summed E-state index contributed by atoms with van der Waals surface area (Å²) >= 11 is 0. The van der Waals surface area contributed by atoms with Crippen molar-refractivity contribution in [2.45, 2.75) is 45.4 Å². The van der Waals surface area contributed by atoms with Crippen LogP contribution in [0.1, 0.15) is 49.4 Å². The Kier molecular flexibility index (Phi) is 5.95. The first kappa shape index (κ1) is 17.3. The van der Waals surface area contributed by atoms with Crippen molar-refractivity contribution in [3.8, 4) is 11.3 Å². The second-order valence-corrected chi connectivity index (χ2v) is 6.55. The standard InChI is InChI=1S/C23H26N2/c1-3-8-21(19-9-6-5-7-10-19)15-22-16-24-17-23(25-22)20-13-11-18(4-2)12-14-20/h5-7,9-14,16-17,21H,3-4,8,15H2,1-2H3. The van der Waals surface area contributed by atoms with Crippen LogP contribution in [-0.4, -0.2) is 9.97 Å². The fourth-order valence-corrected chi connectivity index (χ4v) is 3.27. The van der Waals surface area contributed by atoms with Crippen LogP contribution in [0.4, 0.5) is 0 Å². The van der Waals surface area contributed by atoms with Crippen LogP contribution in [0.15, 0.2) is 67.0 Å². The highest BCUT2D eigenvalue weighted by atomic mass is 14.8. The van der Waals surface area contributed by atoms with Gasteiger partial charge in [-0.1, -0.05) is 74.9 Å². The highest BCUT2D eigenvalue weighted by Gasteiger charge is 2.13. The Labute approximate surface area is 151 Å². The number of nitrogens with zero attached hydrogens (tertiary/aromatic N) is 2. The Bertz CT molecular complexity index is 779. The van der Waals surface area contributed by atoms with Gasteiger partial charge in [0.25, 0.3) is 0 Å². The van der Waals surface area contributed by atoms with Gasteiger partial charge in [0.15, 0.2) is 0 Å². The number of benzene rings is 2. The fourth-order valence-electron chi connectivity index (χ4n) is 3.27. The molecule has 0 aliphatic rings. The van der Waals surface area contributed by atoms with E-state index in [-0.39, 0.29) is 0 Å². The average Bonchev–Trinajstić information content (AvgIpc) is 2.69. The van der Waals surface area contributed by atoms with Gasteiger partial charge in [-0.3, -0.25) is 4.98 Å². The van der Waals surface area contributed by atoms with Gasteiger partial charge in [0.05, 0.1) is 17.6 Å². The Morgan fingerprint density at radius 1 is 0.880 bits per heavy atom. The second-order valence-electron chi connectivity index (χ2n) is 6.55. The molecule has 2 aromatic carbocycles. The van der Waals surface area contributed by atoms with Gasteiger partial charge in [-0.25, -0.2) is 4.98 Å². The minimum atomic E-state index is 0.498. The lowest BCUT2D eigenvalue weighted by atomic mass is 9.90. The Balaban J connectivity index is 1.82. The van der Waals surface area contributed by atoms with Gasteiger partial charge >= 0.3 is 0 Å². The van der Waals surface area contributed by atoms with Crippen molar-refractivity contribution in [1.82, 2.24) is 9.97 Å². The predicted octanol–water partition coefficient (Wildman–Crippen LogP) is 5.83. The van der Waals surface area contributed by atoms with Crippen LogP contribution < -0.4 is 0 Å². The van der Waals surface area contributed by atoms with Gasteiger partial charge in [-0.2, -0.15) is 0 Å². The third-order valence-electron chi connectivity index (χ3n) is 4.71. The molecule has 3 rings (SSSR count). The highest BCUT2D eigenvalue weighted by molar-refractivity contribution is 5.58. The molecule has 128 valence electrons. The van der Waals surface area contributed by atoms with Crippen LogP contribution in [-0.2, 0) is 12.8 Å². The van der Waals surface area contributed by atoms with E-state index in [0.717, 1.165) is 29.8 Å². The molecule has 0 saturated heterocycles. The minimum absolute atomic E-state index is 0.498. The van der Waals surface area contributed by atoms with Crippen molar-refractivity contribution in [2.75, 3.05) is 0 Å². The molecule has 0 fully saturated rings. The van der Waals surface area contributed by atoms with Gasteiger partial charge in [0.1, 0.15) is 0 Å². The molecule has 1 aromatic heterocycles. The SMILES string of the molecule is CCCC(Cc1cncc(-c2ccc(CC)cc2)n1)c1ccccc1. The molecule has 0 bridgehead atoms. The van der Waals surface area contributed by atoms with Crippen molar-refractivity contribution in [1.29, 1.82) is 0 Å². The van der Waals surface area contributed by atoms with E-state index < -0.39 is 0 Å². The van der Waals surface area contributed by atoms with Crippen LogP contribution in [0.5, 0.6) is 0 Å². The zero-order chi connectivity index (χ0) is 17.5. The van der Waals surface area contributed by atoms with E-state index in [4.69, 9.17) is 4.98 Å². The van der Waals surface area contributed by atoms with E-state index in [1.165, 1.54) is 24.0 Å². The van der Waals surface area contributed by atoms with Crippen molar-refractivity contribution >= 4 is 0 Å². The normalized spacial score (nSPS) is 12.1. The molecule has 0 saturated carbocycles. The van der Waals surface area contributed by atoms with Crippen LogP contribution in [0.25, 0.3) is 11.3 Å². The first-order valence-corrected chi connectivity index (χ1v) is 9.25. The van der Waals surface area contributed by atoms with E-state index in [0.29, 0.717) is 5.92 Å². The van der Waals surface area contributed by atoms with Gasteiger partial charge in [0, 0.05) is 11.8 Å². The summed E-state index contributed by atoms with van der Waals surface area (Å²) in [5.41, 5.74) is 5.91. The lowest BCUT2D eigenvalue weighted by Gasteiger charge is -2.16. The van der Waals surface area contributed by atoms with Crippen molar-refractivity contribution < 1.29 is 0 Å². The molecule has 0 N–H and O–H groups in total. The minimum Gasteiger partial charge on any atom is -0.261 e. The largest absolute Gasteiger partial charge is 0.261 e. The third-order valence-corrected chi connectivity index (χ3v) is 4.71. The van der Waals surface area contributed by atoms with Gasteiger partial charge in [-0.05, 0) is 36.3 Å². The third kappa shape index (κ3) is 4.54. The van der Waals surface area contributed by atoms with Gasteiger partial charge in [-0.15, -0.1) is 0 Å². The van der Waals surface area contributed by atoms with E-state index in [1.807, 2.05) is 12.4 Å². The number of rotatable bonds is 7. The van der Waals surface area contributed by atoms with E-state index in [9.17, 15) is 0 Å². The van der Waals surface area contributed by atoms with Crippen LogP contribution in [0.2, 0.25) is 0 Å². The number of hydrogen-bond donors (Lipinski definition) is 0. The summed E-state index contributed by atoms with van der Waals surface area (Å²) in [6, 6.07) is 19.4. The van der Waals surface area contributed by atoms with E-state index in [1.54, 1.807) is 0 Å². The van der Waals surface area contributed by atoms with Crippen molar-refractivity contribution in [3.05, 3.63) is 83.8 Å². The summed E-state index contributed by atoms with van der Waals surface area (Å²) in [5, 5.41) is 0. The highest BCUT2D eigenvalue weighted by Crippen LogP contribution is 2.26. The molecule has 0 aliphatic carbocycles. The summed E-state index contributed by atoms with van der Waals surface area (Å²) in [6.45, 7) is 4.42. The Hall–Kier alpha value is -2.48. The molecule has 2 heteroatoms. The molecule has 25 heavy (non-hydrogen) atoms. The van der Waals surface area contributed by atoms with Crippen molar-refractivity contribution in [3.63, 3.8) is 0 Å². The van der Waals surface area contributed by atoms with E-state index in [2.05, 4.69) is 73.4 Å². The second kappa shape index (κ2) is 8.57. The summed E-state index contributed by atoms with van der Waals surface area (Å²) in [6.07, 6.45) is 8.11. The Morgan fingerprint density at radius 2 is 1.64 bits per heavy atom. The number of hydrogen-bond acceptors (Lipinski definition) is 2. The molecule has 0 amide bonds. The maximum atomic E-state index is 4.88. The summed E-state index contributed by atoms with van der Waals surface area (Å²) in [5.74, 6) is 0.498. The van der Waals surface area contributed by atoms with Crippen LogP contribution >= 0.6 is 0 Å². The maximum absolute atomic E-state index is 4.88. The quantitative estimate of drug-likeness (QED) is 0.544. The van der Waals surface area contributed by atoms with Crippen LogP contribution in [0.3, 0.4) is 0 Å². The van der Waals surface area contributed by atoms with E-state index >= 15 is 0 Å². The molecule has 1 heterocycles. The zero-order valence-corrected chi connectivity index (χ0v) is 15.2. The molecule has 0 aliphatic heterocycles. The summed E-state index contributed by atoms with van der Waals surface area (Å²) < 4.78 is 0. The average molecular weight is 330 g/mol. The fraction of sp³-hybridized carbons (Fsp3) is 0.304. The predicted molar refractivity (Wildman–Crippen MR) is 105 cm³/mol. The summed E-state index contributed by atoms with van der Waals surface area (Å²) in [4.78, 5) is 9.33. The molecule has 0 radical (unpaired) electrons. The monoisotopic (exact) mass is 330 g/mol. The lowest BCUT2D eigenvalue weighted by Crippen LogP contribution is -2.05. The molecule has 1 atom stereocenters. The topological polar surface area (TPSA) is 25.8 Å². The maximum Gasteiger partial charge on any atom is 0.0888 e.